The highest BCUT2D eigenvalue weighted by molar-refractivity contribution is 5.21. The van der Waals surface area contributed by atoms with E-state index in [1.807, 2.05) is 23.9 Å². The molecule has 0 bridgehead atoms. The van der Waals surface area contributed by atoms with Crippen molar-refractivity contribution in [2.45, 2.75) is 26.4 Å². The van der Waals surface area contributed by atoms with Crippen molar-refractivity contribution in [3.63, 3.8) is 0 Å². The van der Waals surface area contributed by atoms with Crippen molar-refractivity contribution in [2.75, 3.05) is 7.11 Å². The van der Waals surface area contributed by atoms with Gasteiger partial charge < -0.3 is 10.1 Å². The summed E-state index contributed by atoms with van der Waals surface area (Å²) in [5.74, 6) is 0.648. The van der Waals surface area contributed by atoms with Crippen LogP contribution < -0.4 is 10.1 Å². The van der Waals surface area contributed by atoms with Crippen molar-refractivity contribution in [3.8, 4) is 5.88 Å². The topological polar surface area (TPSA) is 52.0 Å². The summed E-state index contributed by atoms with van der Waals surface area (Å²) in [6, 6.07) is 3.93. The number of rotatable bonds is 6. The number of methoxy groups -OCH3 is 1. The van der Waals surface area contributed by atoms with Crippen LogP contribution in [0.25, 0.3) is 0 Å². The molecule has 1 N–H and O–H groups in total. The van der Waals surface area contributed by atoms with Crippen molar-refractivity contribution in [1.82, 2.24) is 20.1 Å². The summed E-state index contributed by atoms with van der Waals surface area (Å²) in [5.41, 5.74) is 3.57. The van der Waals surface area contributed by atoms with E-state index in [9.17, 15) is 0 Å². The molecule has 5 nitrogen and oxygen atoms in total. The first kappa shape index (κ1) is 13.5. The number of hydrogen-bond donors (Lipinski definition) is 1. The molecule has 0 aromatic carbocycles. The molecule has 102 valence electrons. The Bertz CT molecular complexity index is 536. The molecule has 2 rings (SSSR count). The van der Waals surface area contributed by atoms with Crippen LogP contribution in [-0.4, -0.2) is 21.9 Å². The molecule has 2 aromatic rings. The van der Waals surface area contributed by atoms with Crippen LogP contribution in [0.1, 0.15) is 23.7 Å². The first-order chi connectivity index (χ1) is 9.22. The monoisotopic (exact) mass is 260 g/mol. The Morgan fingerprint density at radius 3 is 2.95 bits per heavy atom. The van der Waals surface area contributed by atoms with E-state index in [4.69, 9.17) is 4.74 Å². The fourth-order valence-electron chi connectivity index (χ4n) is 2.04. The normalized spacial score (nSPS) is 10.7. The second-order valence-electron chi connectivity index (χ2n) is 4.44. The quantitative estimate of drug-likeness (QED) is 0.858. The number of pyridine rings is 1. The van der Waals surface area contributed by atoms with Crippen molar-refractivity contribution in [3.05, 3.63) is 41.3 Å². The molecule has 0 aliphatic rings. The van der Waals surface area contributed by atoms with Crippen molar-refractivity contribution in [1.29, 1.82) is 0 Å². The van der Waals surface area contributed by atoms with Crippen LogP contribution >= 0.6 is 0 Å². The van der Waals surface area contributed by atoms with Gasteiger partial charge in [0.1, 0.15) is 0 Å². The van der Waals surface area contributed by atoms with Crippen LogP contribution in [0.3, 0.4) is 0 Å². The van der Waals surface area contributed by atoms with Gasteiger partial charge in [-0.25, -0.2) is 4.98 Å². The van der Waals surface area contributed by atoms with Gasteiger partial charge in [0, 0.05) is 44.2 Å². The minimum absolute atomic E-state index is 0.648. The molecule has 0 saturated heterocycles. The van der Waals surface area contributed by atoms with Gasteiger partial charge in [-0.1, -0.05) is 6.92 Å². The van der Waals surface area contributed by atoms with Gasteiger partial charge in [-0.05, 0) is 18.1 Å². The predicted molar refractivity (Wildman–Crippen MR) is 73.9 cm³/mol. The molecule has 19 heavy (non-hydrogen) atoms. The summed E-state index contributed by atoms with van der Waals surface area (Å²) in [4.78, 5) is 4.09. The smallest absolute Gasteiger partial charge is 0.213 e. The van der Waals surface area contributed by atoms with Gasteiger partial charge >= 0.3 is 0 Å². The molecule has 0 spiro atoms. The molecule has 0 fully saturated rings. The molecule has 0 atom stereocenters. The molecular formula is C14H20N4O. The standard InChI is InChI=1S/C14H20N4O/c1-4-13-12(10-18(2)17-13)9-15-8-11-5-6-16-14(7-11)19-3/h5-7,10,15H,4,8-9H2,1-3H3. The molecule has 0 aliphatic heterocycles. The Morgan fingerprint density at radius 1 is 1.37 bits per heavy atom. The van der Waals surface area contributed by atoms with Gasteiger partial charge in [0.2, 0.25) is 5.88 Å². The highest BCUT2D eigenvalue weighted by Crippen LogP contribution is 2.10. The van der Waals surface area contributed by atoms with Crippen LogP contribution in [0.5, 0.6) is 5.88 Å². The van der Waals surface area contributed by atoms with E-state index < -0.39 is 0 Å². The Morgan fingerprint density at radius 2 is 2.21 bits per heavy atom. The molecule has 2 aromatic heterocycles. The van der Waals surface area contributed by atoms with E-state index in [1.165, 1.54) is 5.56 Å². The number of aryl methyl sites for hydroxylation is 2. The van der Waals surface area contributed by atoms with Crippen LogP contribution in [0.15, 0.2) is 24.5 Å². The zero-order chi connectivity index (χ0) is 13.7. The van der Waals surface area contributed by atoms with Crippen LogP contribution in [0.4, 0.5) is 0 Å². The maximum atomic E-state index is 5.11. The Hall–Kier alpha value is -1.88. The molecule has 0 unspecified atom stereocenters. The summed E-state index contributed by atoms with van der Waals surface area (Å²) in [7, 11) is 3.58. The van der Waals surface area contributed by atoms with Crippen molar-refractivity contribution < 1.29 is 4.74 Å². The molecule has 0 amide bonds. The SMILES string of the molecule is CCc1nn(C)cc1CNCc1ccnc(OC)c1. The third-order valence-electron chi connectivity index (χ3n) is 2.98. The first-order valence-corrected chi connectivity index (χ1v) is 6.44. The minimum atomic E-state index is 0.648. The highest BCUT2D eigenvalue weighted by Gasteiger charge is 2.05. The minimum Gasteiger partial charge on any atom is -0.481 e. The molecule has 2 heterocycles. The molecular weight excluding hydrogens is 240 g/mol. The van der Waals surface area contributed by atoms with E-state index in [-0.39, 0.29) is 0 Å². The van der Waals surface area contributed by atoms with Gasteiger partial charge in [-0.2, -0.15) is 5.10 Å². The highest BCUT2D eigenvalue weighted by atomic mass is 16.5. The summed E-state index contributed by atoms with van der Waals surface area (Å²) in [6.07, 6.45) is 4.79. The van der Waals surface area contributed by atoms with E-state index in [0.29, 0.717) is 5.88 Å². The van der Waals surface area contributed by atoms with Gasteiger partial charge in [0.15, 0.2) is 0 Å². The summed E-state index contributed by atoms with van der Waals surface area (Å²) < 4.78 is 6.97. The Labute approximate surface area is 113 Å². The third kappa shape index (κ3) is 3.54. The lowest BCUT2D eigenvalue weighted by Gasteiger charge is -2.06. The predicted octanol–water partition coefficient (Wildman–Crippen LogP) is 1.68. The van der Waals surface area contributed by atoms with E-state index in [2.05, 4.69) is 28.5 Å². The molecule has 5 heteroatoms. The number of ether oxygens (including phenoxy) is 1. The zero-order valence-electron chi connectivity index (χ0n) is 11.7. The second-order valence-corrected chi connectivity index (χ2v) is 4.44. The summed E-state index contributed by atoms with van der Waals surface area (Å²) in [5, 5.41) is 7.85. The first-order valence-electron chi connectivity index (χ1n) is 6.44. The van der Waals surface area contributed by atoms with Crippen molar-refractivity contribution >= 4 is 0 Å². The lowest BCUT2D eigenvalue weighted by Crippen LogP contribution is -2.13. The Balaban J connectivity index is 1.92. The summed E-state index contributed by atoms with van der Waals surface area (Å²) in [6.45, 7) is 3.73. The van der Waals surface area contributed by atoms with E-state index in [0.717, 1.165) is 30.8 Å². The van der Waals surface area contributed by atoms with E-state index in [1.54, 1.807) is 13.3 Å². The molecule has 0 saturated carbocycles. The number of nitrogens with zero attached hydrogens (tertiary/aromatic N) is 3. The lowest BCUT2D eigenvalue weighted by molar-refractivity contribution is 0.397. The lowest BCUT2D eigenvalue weighted by atomic mass is 10.2. The van der Waals surface area contributed by atoms with Crippen LogP contribution in [0, 0.1) is 0 Å². The van der Waals surface area contributed by atoms with Crippen LogP contribution in [-0.2, 0) is 26.6 Å². The maximum Gasteiger partial charge on any atom is 0.213 e. The van der Waals surface area contributed by atoms with Gasteiger partial charge in [0.25, 0.3) is 0 Å². The van der Waals surface area contributed by atoms with Crippen molar-refractivity contribution in [2.24, 2.45) is 7.05 Å². The van der Waals surface area contributed by atoms with Gasteiger partial charge in [-0.3, -0.25) is 4.68 Å². The average Bonchev–Trinajstić information content (AvgIpc) is 2.79. The maximum absolute atomic E-state index is 5.11. The largest absolute Gasteiger partial charge is 0.481 e. The Kier molecular flexibility index (Phi) is 4.52. The second kappa shape index (κ2) is 6.33. The third-order valence-corrected chi connectivity index (χ3v) is 2.98. The number of aromatic nitrogens is 3. The average molecular weight is 260 g/mol. The summed E-state index contributed by atoms with van der Waals surface area (Å²) >= 11 is 0. The molecule has 0 radical (unpaired) electrons. The number of nitrogens with one attached hydrogen (secondary N) is 1. The molecule has 0 aliphatic carbocycles. The van der Waals surface area contributed by atoms with Gasteiger partial charge in [0.05, 0.1) is 12.8 Å². The zero-order valence-corrected chi connectivity index (χ0v) is 11.7. The number of hydrogen-bond acceptors (Lipinski definition) is 4. The van der Waals surface area contributed by atoms with Crippen LogP contribution in [0.2, 0.25) is 0 Å². The fraction of sp³-hybridized carbons (Fsp3) is 0.429. The van der Waals surface area contributed by atoms with E-state index >= 15 is 0 Å². The van der Waals surface area contributed by atoms with Gasteiger partial charge in [-0.15, -0.1) is 0 Å². The fourth-order valence-corrected chi connectivity index (χ4v) is 2.04.